The lowest BCUT2D eigenvalue weighted by atomic mass is 10.2. The number of likely N-dealkylation sites (N-methyl/N-ethyl adjacent to an activating group) is 1. The number of hydrogen-bond acceptors (Lipinski definition) is 5. The van der Waals surface area contributed by atoms with Crippen LogP contribution < -0.4 is 5.56 Å². The highest BCUT2D eigenvalue weighted by molar-refractivity contribution is 5.68. The zero-order valence-electron chi connectivity index (χ0n) is 15.6. The van der Waals surface area contributed by atoms with Gasteiger partial charge in [-0.2, -0.15) is 5.10 Å². The van der Waals surface area contributed by atoms with Gasteiger partial charge >= 0.3 is 0 Å². The van der Waals surface area contributed by atoms with Gasteiger partial charge in [0.1, 0.15) is 5.69 Å². The van der Waals surface area contributed by atoms with Crippen molar-refractivity contribution in [3.05, 3.63) is 58.5 Å². The summed E-state index contributed by atoms with van der Waals surface area (Å²) >= 11 is 0. The Morgan fingerprint density at radius 3 is 2.67 bits per heavy atom. The molecule has 27 heavy (non-hydrogen) atoms. The van der Waals surface area contributed by atoms with Crippen molar-refractivity contribution < 1.29 is 5.11 Å². The van der Waals surface area contributed by atoms with Crippen molar-refractivity contribution in [3.8, 4) is 11.4 Å². The Hall–Kier alpha value is -2.48. The first-order chi connectivity index (χ1) is 13.2. The van der Waals surface area contributed by atoms with Crippen molar-refractivity contribution in [1.29, 1.82) is 0 Å². The highest BCUT2D eigenvalue weighted by Crippen LogP contribution is 2.25. The van der Waals surface area contributed by atoms with Crippen LogP contribution >= 0.6 is 0 Å². The van der Waals surface area contributed by atoms with E-state index in [1.54, 1.807) is 12.1 Å². The fourth-order valence-corrected chi connectivity index (χ4v) is 3.63. The van der Waals surface area contributed by atoms with E-state index in [1.165, 1.54) is 4.68 Å². The predicted octanol–water partition coefficient (Wildman–Crippen LogP) is 0.903. The fraction of sp³-hybridized carbons (Fsp3) is 0.400. The summed E-state index contributed by atoms with van der Waals surface area (Å²) in [5.74, 6) is 0. The van der Waals surface area contributed by atoms with Gasteiger partial charge in [-0.15, -0.1) is 0 Å². The van der Waals surface area contributed by atoms with Crippen LogP contribution in [0.5, 0.6) is 0 Å². The summed E-state index contributed by atoms with van der Waals surface area (Å²) in [5.41, 5.74) is 3.23. The summed E-state index contributed by atoms with van der Waals surface area (Å²) in [6.07, 6.45) is 1.95. The lowest BCUT2D eigenvalue weighted by Gasteiger charge is -2.32. The van der Waals surface area contributed by atoms with E-state index in [9.17, 15) is 9.90 Å². The standard InChI is InChI=1S/C20H25N5O2/c1-22-8-10-23(11-9-22)12-13-25-19(27)6-5-18(21-25)20-16(15-26)14-17-4-2-3-7-24(17)20/h2-7,14,26H,8-13,15H2,1H3. The Balaban J connectivity index is 1.62. The molecule has 142 valence electrons. The molecule has 0 radical (unpaired) electrons. The van der Waals surface area contributed by atoms with Gasteiger partial charge in [0.25, 0.3) is 5.56 Å². The molecule has 1 saturated heterocycles. The second kappa shape index (κ2) is 7.64. The lowest BCUT2D eigenvalue weighted by molar-refractivity contribution is 0.148. The van der Waals surface area contributed by atoms with Crippen LogP contribution in [0.1, 0.15) is 5.56 Å². The van der Waals surface area contributed by atoms with E-state index in [-0.39, 0.29) is 12.2 Å². The highest BCUT2D eigenvalue weighted by Gasteiger charge is 2.16. The minimum Gasteiger partial charge on any atom is -0.392 e. The average molecular weight is 367 g/mol. The molecule has 0 saturated carbocycles. The van der Waals surface area contributed by atoms with E-state index in [1.807, 2.05) is 34.9 Å². The largest absolute Gasteiger partial charge is 0.392 e. The Bertz CT molecular complexity index is 985. The molecule has 0 bridgehead atoms. The Morgan fingerprint density at radius 1 is 1.07 bits per heavy atom. The van der Waals surface area contributed by atoms with Crippen molar-refractivity contribution in [1.82, 2.24) is 24.0 Å². The third-order valence-electron chi connectivity index (χ3n) is 5.26. The van der Waals surface area contributed by atoms with E-state index in [4.69, 9.17) is 0 Å². The van der Waals surface area contributed by atoms with E-state index in [0.29, 0.717) is 12.2 Å². The van der Waals surface area contributed by atoms with Gasteiger partial charge in [0.2, 0.25) is 0 Å². The molecular formula is C20H25N5O2. The first-order valence-corrected chi connectivity index (χ1v) is 9.35. The smallest absolute Gasteiger partial charge is 0.266 e. The van der Waals surface area contributed by atoms with E-state index >= 15 is 0 Å². The minimum atomic E-state index is -0.0979. The third kappa shape index (κ3) is 3.66. The summed E-state index contributed by atoms with van der Waals surface area (Å²) in [6.45, 7) is 5.45. The third-order valence-corrected chi connectivity index (χ3v) is 5.26. The van der Waals surface area contributed by atoms with Crippen LogP contribution in [-0.2, 0) is 13.2 Å². The first-order valence-electron chi connectivity index (χ1n) is 9.35. The van der Waals surface area contributed by atoms with E-state index in [2.05, 4.69) is 21.9 Å². The molecule has 0 aromatic carbocycles. The molecule has 0 atom stereocenters. The van der Waals surface area contributed by atoms with Crippen molar-refractivity contribution in [2.24, 2.45) is 0 Å². The fourth-order valence-electron chi connectivity index (χ4n) is 3.63. The van der Waals surface area contributed by atoms with Crippen LogP contribution in [0.3, 0.4) is 0 Å². The monoisotopic (exact) mass is 367 g/mol. The molecular weight excluding hydrogens is 342 g/mol. The number of nitrogens with zero attached hydrogens (tertiary/aromatic N) is 5. The summed E-state index contributed by atoms with van der Waals surface area (Å²) in [7, 11) is 2.13. The van der Waals surface area contributed by atoms with Gasteiger partial charge in [-0.25, -0.2) is 4.68 Å². The summed E-state index contributed by atoms with van der Waals surface area (Å²) in [6, 6.07) is 11.2. The topological polar surface area (TPSA) is 66.0 Å². The van der Waals surface area contributed by atoms with Crippen molar-refractivity contribution in [2.45, 2.75) is 13.2 Å². The number of aromatic nitrogens is 3. The summed E-state index contributed by atoms with van der Waals surface area (Å²) < 4.78 is 3.54. The van der Waals surface area contributed by atoms with Gasteiger partial charge in [-0.3, -0.25) is 9.69 Å². The average Bonchev–Trinajstić information content (AvgIpc) is 3.07. The summed E-state index contributed by atoms with van der Waals surface area (Å²) in [4.78, 5) is 17.0. The lowest BCUT2D eigenvalue weighted by Crippen LogP contribution is -2.46. The zero-order chi connectivity index (χ0) is 18.8. The molecule has 0 unspecified atom stereocenters. The molecule has 1 aliphatic heterocycles. The van der Waals surface area contributed by atoms with Crippen molar-refractivity contribution in [2.75, 3.05) is 39.8 Å². The normalized spacial score (nSPS) is 16.2. The van der Waals surface area contributed by atoms with Crippen molar-refractivity contribution >= 4 is 5.52 Å². The van der Waals surface area contributed by atoms with Crippen LogP contribution in [0.25, 0.3) is 16.9 Å². The van der Waals surface area contributed by atoms with Gasteiger partial charge < -0.3 is 14.4 Å². The van der Waals surface area contributed by atoms with Gasteiger partial charge in [0.15, 0.2) is 0 Å². The van der Waals surface area contributed by atoms with Crippen molar-refractivity contribution in [3.63, 3.8) is 0 Å². The molecule has 3 aromatic heterocycles. The second-order valence-corrected chi connectivity index (χ2v) is 7.10. The highest BCUT2D eigenvalue weighted by atomic mass is 16.3. The Kier molecular flexibility index (Phi) is 5.07. The van der Waals surface area contributed by atoms with Gasteiger partial charge in [0.05, 0.1) is 18.8 Å². The molecule has 0 amide bonds. The molecule has 4 heterocycles. The molecule has 1 N–H and O–H groups in total. The maximum Gasteiger partial charge on any atom is 0.266 e. The Labute approximate surface area is 158 Å². The minimum absolute atomic E-state index is 0.0703. The van der Waals surface area contributed by atoms with Crippen LogP contribution in [0.4, 0.5) is 0 Å². The van der Waals surface area contributed by atoms with Gasteiger partial charge in [-0.1, -0.05) is 6.07 Å². The second-order valence-electron chi connectivity index (χ2n) is 7.10. The number of fused-ring (bicyclic) bond motifs is 1. The maximum absolute atomic E-state index is 12.3. The van der Waals surface area contributed by atoms with E-state index < -0.39 is 0 Å². The SMILES string of the molecule is CN1CCN(CCn2nc(-c3c(CO)cc4ccccn34)ccc2=O)CC1. The number of aliphatic hydroxyl groups is 1. The maximum atomic E-state index is 12.3. The van der Waals surface area contributed by atoms with E-state index in [0.717, 1.165) is 49.5 Å². The number of hydrogen-bond donors (Lipinski definition) is 1. The number of rotatable bonds is 5. The van der Waals surface area contributed by atoms with Crippen LogP contribution in [-0.4, -0.2) is 68.9 Å². The first kappa shape index (κ1) is 17.9. The van der Waals surface area contributed by atoms with Crippen LogP contribution in [0, 0.1) is 0 Å². The number of pyridine rings is 1. The van der Waals surface area contributed by atoms with Gasteiger partial charge in [-0.05, 0) is 31.3 Å². The molecule has 7 nitrogen and oxygen atoms in total. The summed E-state index contributed by atoms with van der Waals surface area (Å²) in [5, 5.41) is 14.4. The molecule has 3 aromatic rings. The number of aliphatic hydroxyl groups excluding tert-OH is 1. The quantitative estimate of drug-likeness (QED) is 0.726. The molecule has 1 aliphatic rings. The number of piperazine rings is 1. The predicted molar refractivity (Wildman–Crippen MR) is 105 cm³/mol. The molecule has 4 rings (SSSR count). The zero-order valence-corrected chi connectivity index (χ0v) is 15.6. The van der Waals surface area contributed by atoms with Crippen LogP contribution in [0.2, 0.25) is 0 Å². The van der Waals surface area contributed by atoms with Gasteiger partial charge in [0, 0.05) is 56.1 Å². The van der Waals surface area contributed by atoms with Crippen LogP contribution in [0.15, 0.2) is 47.4 Å². The molecule has 0 spiro atoms. The molecule has 1 fully saturated rings. The Morgan fingerprint density at radius 2 is 1.89 bits per heavy atom. The molecule has 0 aliphatic carbocycles. The molecule has 7 heteroatoms.